The fraction of sp³-hybridized carbons (Fsp3) is 0.600. The summed E-state index contributed by atoms with van der Waals surface area (Å²) in [5.41, 5.74) is 0. The maximum atomic E-state index is 11.7. The number of hydrogen-bond acceptors (Lipinski definition) is 4. The van der Waals surface area contributed by atoms with Crippen LogP contribution in [0.1, 0.15) is 5.82 Å². The van der Waals surface area contributed by atoms with Crippen molar-refractivity contribution >= 4 is 5.91 Å². The third-order valence-electron chi connectivity index (χ3n) is 1.33. The van der Waals surface area contributed by atoms with Crippen LogP contribution in [0.3, 0.4) is 0 Å². The van der Waals surface area contributed by atoms with Crippen LogP contribution in [-0.4, -0.2) is 32.5 Å². The highest BCUT2D eigenvalue weighted by atomic mass is 19.3. The molecule has 0 aliphatic rings. The lowest BCUT2D eigenvalue weighted by Gasteiger charge is -2.01. The van der Waals surface area contributed by atoms with Crippen LogP contribution in [0.15, 0.2) is 0 Å². The average Bonchev–Trinajstić information content (AvgIpc) is 2.47. The van der Waals surface area contributed by atoms with E-state index in [1.807, 2.05) is 5.32 Å². The van der Waals surface area contributed by atoms with Gasteiger partial charge in [-0.2, -0.15) is 8.78 Å². The molecule has 1 aromatic heterocycles. The van der Waals surface area contributed by atoms with Gasteiger partial charge in [-0.1, -0.05) is 0 Å². The summed E-state index contributed by atoms with van der Waals surface area (Å²) in [4.78, 5) is 10.4. The van der Waals surface area contributed by atoms with Gasteiger partial charge < -0.3 is 5.32 Å². The van der Waals surface area contributed by atoms with Crippen molar-refractivity contribution in [3.05, 3.63) is 5.82 Å². The number of carbonyl (C=O) groups is 1. The molecular formula is C5H7F2N5O. The summed E-state index contributed by atoms with van der Waals surface area (Å²) in [6.07, 6.45) is -3.01. The number of aromatic nitrogens is 4. The minimum atomic E-state index is -3.01. The molecule has 0 bridgehead atoms. The van der Waals surface area contributed by atoms with Gasteiger partial charge in [0.2, 0.25) is 0 Å². The molecule has 0 saturated carbocycles. The van der Waals surface area contributed by atoms with Gasteiger partial charge in [0, 0.05) is 7.05 Å². The number of nitrogens with zero attached hydrogens (tertiary/aromatic N) is 4. The maximum absolute atomic E-state index is 11.7. The van der Waals surface area contributed by atoms with Crippen LogP contribution in [0.4, 0.5) is 8.78 Å². The summed E-state index contributed by atoms with van der Waals surface area (Å²) in [7, 11) is 1.55. The minimum Gasteiger partial charge on any atom is -0.344 e. The van der Waals surface area contributed by atoms with E-state index in [0.717, 1.165) is 0 Å². The molecule has 0 unspecified atom stereocenters. The monoisotopic (exact) mass is 191 g/mol. The van der Waals surface area contributed by atoms with E-state index in [1.54, 1.807) is 7.05 Å². The summed E-state index contributed by atoms with van der Waals surface area (Å²) < 4.78 is 24.7. The molecule has 1 amide bonds. The van der Waals surface area contributed by atoms with Crippen LogP contribution in [0, 0.1) is 0 Å². The molecule has 1 aromatic rings. The Morgan fingerprint density at radius 1 is 1.69 bits per heavy atom. The third kappa shape index (κ3) is 2.42. The Hall–Kier alpha value is -1.60. The highest BCUT2D eigenvalue weighted by Gasteiger charge is 2.15. The fourth-order valence-corrected chi connectivity index (χ4v) is 0.641. The predicted octanol–water partition coefficient (Wildman–Crippen LogP) is -0.909. The molecule has 0 fully saturated rings. The van der Waals surface area contributed by atoms with Crippen LogP contribution in [0.5, 0.6) is 0 Å². The van der Waals surface area contributed by atoms with Gasteiger partial charge >= 0.3 is 6.43 Å². The Balaban J connectivity index is 2.44. The molecule has 6 nitrogen and oxygen atoms in total. The first-order chi connectivity index (χ1) is 6.11. The first kappa shape index (κ1) is 9.49. The molecule has 0 aliphatic carbocycles. The number of carbonyl (C=O) groups excluding carboxylic acids is 1. The number of amides is 1. The van der Waals surface area contributed by atoms with Crippen LogP contribution >= 0.6 is 0 Å². The predicted molar refractivity (Wildman–Crippen MR) is 36.6 cm³/mol. The molecule has 0 aromatic carbocycles. The second kappa shape index (κ2) is 3.87. The maximum Gasteiger partial charge on any atom is 0.315 e. The van der Waals surface area contributed by atoms with Crippen molar-refractivity contribution in [2.45, 2.75) is 13.0 Å². The Morgan fingerprint density at radius 2 is 2.38 bits per heavy atom. The molecule has 13 heavy (non-hydrogen) atoms. The number of nitrogens with one attached hydrogen (secondary N) is 1. The van der Waals surface area contributed by atoms with E-state index in [1.165, 1.54) is 4.68 Å². The van der Waals surface area contributed by atoms with Gasteiger partial charge in [-0.25, -0.2) is 4.68 Å². The molecule has 8 heteroatoms. The van der Waals surface area contributed by atoms with Gasteiger partial charge in [0.05, 0.1) is 6.54 Å². The summed E-state index contributed by atoms with van der Waals surface area (Å²) in [5, 5.41) is 12.2. The number of rotatable bonds is 3. The number of aryl methyl sites for hydroxylation is 1. The van der Waals surface area contributed by atoms with Gasteiger partial charge in [0.15, 0.2) is 5.82 Å². The first-order valence-corrected chi connectivity index (χ1v) is 3.38. The van der Waals surface area contributed by atoms with E-state index >= 15 is 0 Å². The highest BCUT2D eigenvalue weighted by Crippen LogP contribution is 1.93. The topological polar surface area (TPSA) is 72.7 Å². The van der Waals surface area contributed by atoms with E-state index in [2.05, 4.69) is 15.5 Å². The molecule has 1 rings (SSSR count). The van der Waals surface area contributed by atoms with E-state index in [-0.39, 0.29) is 6.54 Å². The van der Waals surface area contributed by atoms with Gasteiger partial charge in [-0.15, -0.1) is 5.10 Å². The van der Waals surface area contributed by atoms with Crippen molar-refractivity contribution in [2.24, 2.45) is 7.05 Å². The normalized spacial score (nSPS) is 10.5. The molecule has 0 spiro atoms. The third-order valence-corrected chi connectivity index (χ3v) is 1.33. The van der Waals surface area contributed by atoms with Crippen molar-refractivity contribution < 1.29 is 13.6 Å². The SMILES string of the molecule is Cn1nnnc1CNC(=O)C(F)F. The van der Waals surface area contributed by atoms with Gasteiger partial charge in [-0.3, -0.25) is 4.79 Å². The first-order valence-electron chi connectivity index (χ1n) is 3.38. The molecule has 0 aliphatic heterocycles. The van der Waals surface area contributed by atoms with Crippen molar-refractivity contribution in [3.63, 3.8) is 0 Å². The second-order valence-electron chi connectivity index (χ2n) is 2.24. The molecule has 72 valence electrons. The number of halogens is 2. The Bertz CT molecular complexity index is 299. The standard InChI is InChI=1S/C5H7F2N5O/c1-12-3(9-10-11-12)2-8-5(13)4(6)7/h4H,2H2,1H3,(H,8,13). The highest BCUT2D eigenvalue weighted by molar-refractivity contribution is 5.78. The zero-order valence-corrected chi connectivity index (χ0v) is 6.74. The largest absolute Gasteiger partial charge is 0.344 e. The Morgan fingerprint density at radius 3 is 2.85 bits per heavy atom. The number of alkyl halides is 2. The van der Waals surface area contributed by atoms with E-state index < -0.39 is 12.3 Å². The zero-order valence-electron chi connectivity index (χ0n) is 6.74. The number of hydrogen-bond donors (Lipinski definition) is 1. The summed E-state index contributed by atoms with van der Waals surface area (Å²) in [6.45, 7) is -0.104. The molecule has 1 N–H and O–H groups in total. The molecule has 0 atom stereocenters. The summed E-state index contributed by atoms with van der Waals surface area (Å²) >= 11 is 0. The van der Waals surface area contributed by atoms with Crippen molar-refractivity contribution in [3.8, 4) is 0 Å². The van der Waals surface area contributed by atoms with Crippen LogP contribution in [0.25, 0.3) is 0 Å². The lowest BCUT2D eigenvalue weighted by Crippen LogP contribution is -2.30. The quantitative estimate of drug-likeness (QED) is 0.671. The lowest BCUT2D eigenvalue weighted by atomic mass is 10.5. The molecule has 1 heterocycles. The lowest BCUT2D eigenvalue weighted by molar-refractivity contribution is -0.131. The van der Waals surface area contributed by atoms with E-state index in [9.17, 15) is 13.6 Å². The van der Waals surface area contributed by atoms with Crippen LogP contribution < -0.4 is 5.32 Å². The fourth-order valence-electron chi connectivity index (χ4n) is 0.641. The van der Waals surface area contributed by atoms with E-state index in [0.29, 0.717) is 5.82 Å². The molecule has 0 radical (unpaired) electrons. The summed E-state index contributed by atoms with van der Waals surface area (Å²) in [6, 6.07) is 0. The number of tetrazole rings is 1. The van der Waals surface area contributed by atoms with Gasteiger partial charge in [0.25, 0.3) is 5.91 Å². The Kier molecular flexibility index (Phi) is 2.83. The molecule has 0 saturated heterocycles. The van der Waals surface area contributed by atoms with Crippen molar-refractivity contribution in [1.29, 1.82) is 0 Å². The van der Waals surface area contributed by atoms with Crippen molar-refractivity contribution in [2.75, 3.05) is 0 Å². The van der Waals surface area contributed by atoms with Crippen LogP contribution in [-0.2, 0) is 18.4 Å². The minimum absolute atomic E-state index is 0.104. The van der Waals surface area contributed by atoms with E-state index in [4.69, 9.17) is 0 Å². The van der Waals surface area contributed by atoms with Gasteiger partial charge in [0.1, 0.15) is 0 Å². The van der Waals surface area contributed by atoms with Crippen LogP contribution in [0.2, 0.25) is 0 Å². The second-order valence-corrected chi connectivity index (χ2v) is 2.24. The zero-order chi connectivity index (χ0) is 9.84. The van der Waals surface area contributed by atoms with Crippen molar-refractivity contribution in [1.82, 2.24) is 25.5 Å². The molecular weight excluding hydrogens is 184 g/mol. The smallest absolute Gasteiger partial charge is 0.315 e. The average molecular weight is 191 g/mol. The Labute approximate surface area is 71.9 Å². The van der Waals surface area contributed by atoms with Gasteiger partial charge in [-0.05, 0) is 10.4 Å². The summed E-state index contributed by atoms with van der Waals surface area (Å²) in [5.74, 6) is -1.02.